The van der Waals surface area contributed by atoms with Crippen LogP contribution in [-0.2, 0) is 11.8 Å². The summed E-state index contributed by atoms with van der Waals surface area (Å²) in [6, 6.07) is 8.79. The minimum atomic E-state index is 0.253. The highest BCUT2D eigenvalue weighted by Crippen LogP contribution is 2.25. The van der Waals surface area contributed by atoms with Gasteiger partial charge in [-0.05, 0) is 37.1 Å². The minimum absolute atomic E-state index is 0.253. The summed E-state index contributed by atoms with van der Waals surface area (Å²) >= 11 is 0. The fraction of sp³-hybridized carbons (Fsp3) is 0.571. The van der Waals surface area contributed by atoms with E-state index >= 15 is 0 Å². The molecule has 1 heteroatoms. The number of benzene rings is 1. The fourth-order valence-electron chi connectivity index (χ4n) is 1.81. The Hall–Kier alpha value is -0.820. The lowest BCUT2D eigenvalue weighted by molar-refractivity contribution is 0.411. The maximum atomic E-state index is 2.28. The van der Waals surface area contributed by atoms with Crippen LogP contribution in [0.25, 0.3) is 0 Å². The van der Waals surface area contributed by atoms with Crippen LogP contribution in [0.1, 0.15) is 31.9 Å². The Labute approximate surface area is 94.1 Å². The van der Waals surface area contributed by atoms with E-state index in [0.717, 1.165) is 13.0 Å². The Kier molecular flexibility index (Phi) is 3.92. The molecule has 0 fully saturated rings. The average Bonchev–Trinajstić information content (AvgIpc) is 2.13. The molecule has 1 aromatic rings. The van der Waals surface area contributed by atoms with E-state index < -0.39 is 0 Å². The molecule has 0 spiro atoms. The molecule has 0 aliphatic rings. The zero-order valence-electron chi connectivity index (χ0n) is 10.7. The molecule has 0 aliphatic heterocycles. The second-order valence-electron chi connectivity index (χ2n) is 5.46. The number of nitrogens with zero attached hydrogens (tertiary/aromatic N) is 1. The van der Waals surface area contributed by atoms with Crippen molar-refractivity contribution in [3.8, 4) is 0 Å². The molecule has 15 heavy (non-hydrogen) atoms. The molecule has 0 aliphatic carbocycles. The van der Waals surface area contributed by atoms with Crippen molar-refractivity contribution in [3.63, 3.8) is 0 Å². The van der Waals surface area contributed by atoms with Crippen molar-refractivity contribution in [1.82, 2.24) is 4.90 Å². The molecular formula is C14H23N. The van der Waals surface area contributed by atoms with Crippen molar-refractivity contribution in [3.05, 3.63) is 35.4 Å². The van der Waals surface area contributed by atoms with E-state index in [1.807, 2.05) is 0 Å². The van der Waals surface area contributed by atoms with Gasteiger partial charge in [0.2, 0.25) is 0 Å². The summed E-state index contributed by atoms with van der Waals surface area (Å²) in [7, 11) is 4.25. The van der Waals surface area contributed by atoms with Gasteiger partial charge in [0, 0.05) is 6.54 Å². The van der Waals surface area contributed by atoms with Crippen LogP contribution in [0, 0.1) is 0 Å². The average molecular weight is 205 g/mol. The van der Waals surface area contributed by atoms with Crippen molar-refractivity contribution in [2.75, 3.05) is 20.6 Å². The fourth-order valence-corrected chi connectivity index (χ4v) is 1.81. The van der Waals surface area contributed by atoms with Crippen LogP contribution in [0.3, 0.4) is 0 Å². The third kappa shape index (κ3) is 3.67. The second kappa shape index (κ2) is 4.80. The van der Waals surface area contributed by atoms with Gasteiger partial charge in [0.05, 0.1) is 0 Å². The van der Waals surface area contributed by atoms with E-state index in [9.17, 15) is 0 Å². The van der Waals surface area contributed by atoms with Crippen molar-refractivity contribution >= 4 is 0 Å². The first-order valence-corrected chi connectivity index (χ1v) is 5.64. The summed E-state index contributed by atoms with van der Waals surface area (Å²) in [5.74, 6) is 0. The van der Waals surface area contributed by atoms with Gasteiger partial charge in [-0.25, -0.2) is 0 Å². The molecule has 0 heterocycles. The van der Waals surface area contributed by atoms with E-state index in [0.29, 0.717) is 0 Å². The molecule has 0 aromatic heterocycles. The first-order chi connectivity index (χ1) is 6.91. The number of likely N-dealkylation sites (N-methyl/N-ethyl adjacent to an activating group) is 1. The van der Waals surface area contributed by atoms with Crippen LogP contribution >= 0.6 is 0 Å². The maximum absolute atomic E-state index is 2.28. The van der Waals surface area contributed by atoms with E-state index in [2.05, 4.69) is 64.0 Å². The molecule has 0 saturated carbocycles. The molecule has 0 radical (unpaired) electrons. The first kappa shape index (κ1) is 12.3. The topological polar surface area (TPSA) is 3.24 Å². The largest absolute Gasteiger partial charge is 0.309 e. The summed E-state index contributed by atoms with van der Waals surface area (Å²) in [5, 5.41) is 0. The predicted molar refractivity (Wildman–Crippen MR) is 67.4 cm³/mol. The third-order valence-electron chi connectivity index (χ3n) is 2.65. The van der Waals surface area contributed by atoms with E-state index in [1.54, 1.807) is 0 Å². The number of rotatable bonds is 3. The molecule has 1 rings (SSSR count). The lowest BCUT2D eigenvalue weighted by Gasteiger charge is -2.23. The summed E-state index contributed by atoms with van der Waals surface area (Å²) in [6.45, 7) is 7.96. The molecule has 84 valence electrons. The summed E-state index contributed by atoms with van der Waals surface area (Å²) in [4.78, 5) is 2.24. The molecule has 0 saturated heterocycles. The highest BCUT2D eigenvalue weighted by Gasteiger charge is 2.16. The van der Waals surface area contributed by atoms with Crippen LogP contribution in [0.15, 0.2) is 24.3 Å². The molecule has 0 bridgehead atoms. The Morgan fingerprint density at radius 1 is 1.07 bits per heavy atom. The highest BCUT2D eigenvalue weighted by molar-refractivity contribution is 5.32. The monoisotopic (exact) mass is 205 g/mol. The van der Waals surface area contributed by atoms with Gasteiger partial charge in [0.25, 0.3) is 0 Å². The quantitative estimate of drug-likeness (QED) is 0.733. The number of hydrogen-bond acceptors (Lipinski definition) is 1. The SMILES string of the molecule is CN(C)CCc1ccccc1C(C)(C)C. The Bertz CT molecular complexity index is 307. The predicted octanol–water partition coefficient (Wildman–Crippen LogP) is 3.09. The van der Waals surface area contributed by atoms with Crippen molar-refractivity contribution in [2.45, 2.75) is 32.6 Å². The smallest absolute Gasteiger partial charge is 0.00158 e. The van der Waals surface area contributed by atoms with Crippen LogP contribution < -0.4 is 0 Å². The molecule has 0 unspecified atom stereocenters. The van der Waals surface area contributed by atoms with Gasteiger partial charge in [-0.15, -0.1) is 0 Å². The van der Waals surface area contributed by atoms with Crippen molar-refractivity contribution in [2.24, 2.45) is 0 Å². The molecule has 1 aromatic carbocycles. The van der Waals surface area contributed by atoms with Gasteiger partial charge >= 0.3 is 0 Å². The molecule has 1 nitrogen and oxygen atoms in total. The van der Waals surface area contributed by atoms with E-state index in [-0.39, 0.29) is 5.41 Å². The first-order valence-electron chi connectivity index (χ1n) is 5.64. The van der Waals surface area contributed by atoms with Gasteiger partial charge in [-0.1, -0.05) is 45.0 Å². The van der Waals surface area contributed by atoms with Gasteiger partial charge < -0.3 is 4.90 Å². The Morgan fingerprint density at radius 3 is 2.20 bits per heavy atom. The highest BCUT2D eigenvalue weighted by atomic mass is 15.0. The van der Waals surface area contributed by atoms with Crippen LogP contribution in [0.5, 0.6) is 0 Å². The van der Waals surface area contributed by atoms with Gasteiger partial charge in [-0.3, -0.25) is 0 Å². The summed E-state index contributed by atoms with van der Waals surface area (Å²) < 4.78 is 0. The molecule has 0 amide bonds. The summed E-state index contributed by atoms with van der Waals surface area (Å²) in [5.41, 5.74) is 3.22. The Balaban J connectivity index is 2.87. The van der Waals surface area contributed by atoms with E-state index in [4.69, 9.17) is 0 Å². The lowest BCUT2D eigenvalue weighted by Crippen LogP contribution is -2.19. The van der Waals surface area contributed by atoms with Gasteiger partial charge in [-0.2, -0.15) is 0 Å². The third-order valence-corrected chi connectivity index (χ3v) is 2.65. The van der Waals surface area contributed by atoms with Crippen LogP contribution in [0.2, 0.25) is 0 Å². The van der Waals surface area contributed by atoms with E-state index in [1.165, 1.54) is 11.1 Å². The molecule has 0 atom stereocenters. The normalized spacial score (nSPS) is 12.1. The lowest BCUT2D eigenvalue weighted by atomic mass is 9.83. The van der Waals surface area contributed by atoms with Gasteiger partial charge in [0.15, 0.2) is 0 Å². The zero-order chi connectivity index (χ0) is 11.5. The van der Waals surface area contributed by atoms with Gasteiger partial charge in [0.1, 0.15) is 0 Å². The summed E-state index contributed by atoms with van der Waals surface area (Å²) in [6.07, 6.45) is 1.14. The van der Waals surface area contributed by atoms with Crippen LogP contribution in [-0.4, -0.2) is 25.5 Å². The number of hydrogen-bond donors (Lipinski definition) is 0. The molecule has 0 N–H and O–H groups in total. The maximum Gasteiger partial charge on any atom is 0.00158 e. The zero-order valence-corrected chi connectivity index (χ0v) is 10.7. The van der Waals surface area contributed by atoms with Crippen molar-refractivity contribution in [1.29, 1.82) is 0 Å². The standard InChI is InChI=1S/C14H23N/c1-14(2,3)13-9-7-6-8-12(13)10-11-15(4)5/h6-9H,10-11H2,1-5H3. The molecular weight excluding hydrogens is 182 g/mol. The second-order valence-corrected chi connectivity index (χ2v) is 5.46. The minimum Gasteiger partial charge on any atom is -0.309 e. The Morgan fingerprint density at radius 2 is 1.67 bits per heavy atom. The van der Waals surface area contributed by atoms with Crippen LogP contribution in [0.4, 0.5) is 0 Å². The van der Waals surface area contributed by atoms with Crippen molar-refractivity contribution < 1.29 is 0 Å².